The molecule has 0 aliphatic rings. The Morgan fingerprint density at radius 3 is 2.67 bits per heavy atom. The molecule has 21 heavy (non-hydrogen) atoms. The van der Waals surface area contributed by atoms with Crippen LogP contribution in [0.3, 0.4) is 0 Å². The Morgan fingerprint density at radius 1 is 1.48 bits per heavy atom. The zero-order chi connectivity index (χ0) is 15.8. The third kappa shape index (κ3) is 3.01. The van der Waals surface area contributed by atoms with Crippen LogP contribution in [0, 0.1) is 0 Å². The second kappa shape index (κ2) is 5.15. The van der Waals surface area contributed by atoms with E-state index in [2.05, 4.69) is 4.74 Å². The van der Waals surface area contributed by atoms with Gasteiger partial charge in [-0.2, -0.15) is 0 Å². The monoisotopic (exact) mass is 305 g/mol. The maximum Gasteiger partial charge on any atom is 0.573 e. The SMILES string of the molecule is CCC(C(=O)O)n1c(=O)oc2ccc(OC(F)(F)F)cc21. The van der Waals surface area contributed by atoms with Gasteiger partial charge in [-0.1, -0.05) is 6.92 Å². The van der Waals surface area contributed by atoms with E-state index in [0.717, 1.165) is 22.8 Å². The number of carboxylic acid groups (broad SMARTS) is 1. The van der Waals surface area contributed by atoms with Gasteiger partial charge in [-0.25, -0.2) is 9.59 Å². The lowest BCUT2D eigenvalue weighted by atomic mass is 10.2. The molecule has 1 atom stereocenters. The zero-order valence-corrected chi connectivity index (χ0v) is 10.7. The number of aromatic nitrogens is 1. The molecular weight excluding hydrogens is 295 g/mol. The van der Waals surface area contributed by atoms with Crippen molar-refractivity contribution in [2.24, 2.45) is 0 Å². The Kier molecular flexibility index (Phi) is 3.67. The van der Waals surface area contributed by atoms with Gasteiger partial charge in [-0.3, -0.25) is 4.57 Å². The quantitative estimate of drug-likeness (QED) is 0.938. The molecule has 9 heteroatoms. The van der Waals surface area contributed by atoms with Crippen molar-refractivity contribution in [1.82, 2.24) is 4.57 Å². The van der Waals surface area contributed by atoms with Crippen molar-refractivity contribution in [1.29, 1.82) is 0 Å². The van der Waals surface area contributed by atoms with E-state index >= 15 is 0 Å². The van der Waals surface area contributed by atoms with E-state index in [4.69, 9.17) is 9.52 Å². The fourth-order valence-corrected chi connectivity index (χ4v) is 1.97. The third-order valence-electron chi connectivity index (χ3n) is 2.80. The maximum absolute atomic E-state index is 12.2. The average Bonchev–Trinajstić information content (AvgIpc) is 2.65. The van der Waals surface area contributed by atoms with Gasteiger partial charge in [0.15, 0.2) is 5.58 Å². The first-order valence-corrected chi connectivity index (χ1v) is 5.86. The van der Waals surface area contributed by atoms with Gasteiger partial charge in [-0.15, -0.1) is 13.2 Å². The van der Waals surface area contributed by atoms with Crippen LogP contribution < -0.4 is 10.5 Å². The van der Waals surface area contributed by atoms with Gasteiger partial charge in [0.25, 0.3) is 0 Å². The number of alkyl halides is 3. The summed E-state index contributed by atoms with van der Waals surface area (Å²) in [5.74, 6) is -2.81. The highest BCUT2D eigenvalue weighted by Crippen LogP contribution is 2.27. The minimum Gasteiger partial charge on any atom is -0.480 e. The highest BCUT2D eigenvalue weighted by molar-refractivity contribution is 5.79. The second-order valence-corrected chi connectivity index (χ2v) is 4.18. The lowest BCUT2D eigenvalue weighted by molar-refractivity contribution is -0.274. The molecular formula is C12H10F3NO5. The standard InChI is InChI=1S/C12H10F3NO5/c1-2-7(10(17)18)16-8-5-6(21-12(13,14)15)3-4-9(8)20-11(16)19/h3-5,7H,2H2,1H3,(H,17,18). The molecule has 2 aromatic rings. The normalized spacial score (nSPS) is 13.3. The summed E-state index contributed by atoms with van der Waals surface area (Å²) < 4.78 is 45.9. The summed E-state index contributed by atoms with van der Waals surface area (Å²) in [5, 5.41) is 9.07. The molecule has 0 radical (unpaired) electrons. The molecule has 1 aromatic heterocycles. The average molecular weight is 305 g/mol. The van der Waals surface area contributed by atoms with E-state index < -0.39 is 29.9 Å². The van der Waals surface area contributed by atoms with Crippen LogP contribution in [0.25, 0.3) is 11.1 Å². The van der Waals surface area contributed by atoms with Crippen LogP contribution in [0.5, 0.6) is 5.75 Å². The van der Waals surface area contributed by atoms with Crippen molar-refractivity contribution >= 4 is 17.1 Å². The molecule has 114 valence electrons. The number of carbonyl (C=O) groups is 1. The fourth-order valence-electron chi connectivity index (χ4n) is 1.97. The van der Waals surface area contributed by atoms with Crippen LogP contribution in [0.4, 0.5) is 13.2 Å². The minimum absolute atomic E-state index is 0.0192. The molecule has 1 aromatic carbocycles. The Labute approximate surface area is 115 Å². The number of oxazole rings is 1. The Morgan fingerprint density at radius 2 is 2.14 bits per heavy atom. The van der Waals surface area contributed by atoms with Crippen LogP contribution in [0.1, 0.15) is 19.4 Å². The molecule has 6 nitrogen and oxygen atoms in total. The van der Waals surface area contributed by atoms with Gasteiger partial charge in [0.1, 0.15) is 11.8 Å². The number of carboxylic acids is 1. The van der Waals surface area contributed by atoms with Crippen molar-refractivity contribution in [3.05, 3.63) is 28.7 Å². The topological polar surface area (TPSA) is 81.7 Å². The number of hydrogen-bond donors (Lipinski definition) is 1. The van der Waals surface area contributed by atoms with E-state index in [-0.39, 0.29) is 17.5 Å². The summed E-state index contributed by atoms with van der Waals surface area (Å²) in [7, 11) is 0. The number of nitrogens with zero attached hydrogens (tertiary/aromatic N) is 1. The molecule has 0 amide bonds. The molecule has 2 rings (SSSR count). The molecule has 0 aliphatic heterocycles. The van der Waals surface area contributed by atoms with Crippen LogP contribution in [-0.4, -0.2) is 22.0 Å². The molecule has 0 saturated heterocycles. The number of fused-ring (bicyclic) bond motifs is 1. The van der Waals surface area contributed by atoms with E-state index in [9.17, 15) is 22.8 Å². The number of halogens is 3. The zero-order valence-electron chi connectivity index (χ0n) is 10.7. The minimum atomic E-state index is -4.89. The summed E-state index contributed by atoms with van der Waals surface area (Å²) >= 11 is 0. The van der Waals surface area contributed by atoms with Gasteiger partial charge in [-0.05, 0) is 18.6 Å². The van der Waals surface area contributed by atoms with Gasteiger partial charge in [0.05, 0.1) is 5.52 Å². The van der Waals surface area contributed by atoms with Crippen molar-refractivity contribution < 1.29 is 32.2 Å². The van der Waals surface area contributed by atoms with Crippen LogP contribution in [0.2, 0.25) is 0 Å². The molecule has 0 aliphatic carbocycles. The van der Waals surface area contributed by atoms with Crippen molar-refractivity contribution in [2.45, 2.75) is 25.7 Å². The van der Waals surface area contributed by atoms with Gasteiger partial charge in [0, 0.05) is 6.07 Å². The van der Waals surface area contributed by atoms with Gasteiger partial charge < -0.3 is 14.3 Å². The van der Waals surface area contributed by atoms with Crippen LogP contribution in [-0.2, 0) is 4.79 Å². The van der Waals surface area contributed by atoms with E-state index in [0.29, 0.717) is 0 Å². The third-order valence-corrected chi connectivity index (χ3v) is 2.80. The number of benzene rings is 1. The highest BCUT2D eigenvalue weighted by atomic mass is 19.4. The fraction of sp³-hybridized carbons (Fsp3) is 0.333. The molecule has 1 unspecified atom stereocenters. The van der Waals surface area contributed by atoms with E-state index in [1.165, 1.54) is 6.92 Å². The highest BCUT2D eigenvalue weighted by Gasteiger charge is 2.32. The molecule has 0 spiro atoms. The largest absolute Gasteiger partial charge is 0.573 e. The summed E-state index contributed by atoms with van der Waals surface area (Å²) in [6, 6.07) is 1.77. The number of rotatable bonds is 4. The Hall–Kier alpha value is -2.45. The molecule has 1 heterocycles. The summed E-state index contributed by atoms with van der Waals surface area (Å²) in [6.07, 6.45) is -4.83. The van der Waals surface area contributed by atoms with Crippen LogP contribution >= 0.6 is 0 Å². The second-order valence-electron chi connectivity index (χ2n) is 4.18. The van der Waals surface area contributed by atoms with Crippen molar-refractivity contribution in [2.75, 3.05) is 0 Å². The molecule has 0 bridgehead atoms. The maximum atomic E-state index is 12.2. The van der Waals surface area contributed by atoms with E-state index in [1.807, 2.05) is 0 Å². The summed E-state index contributed by atoms with van der Waals surface area (Å²) in [6.45, 7) is 1.53. The van der Waals surface area contributed by atoms with Gasteiger partial charge in [0.2, 0.25) is 0 Å². The number of hydrogen-bond acceptors (Lipinski definition) is 4. The predicted octanol–water partition coefficient (Wildman–Crippen LogP) is 2.53. The summed E-state index contributed by atoms with van der Waals surface area (Å²) in [5.41, 5.74) is -0.0924. The van der Waals surface area contributed by atoms with Crippen molar-refractivity contribution in [3.8, 4) is 5.75 Å². The lowest BCUT2D eigenvalue weighted by Gasteiger charge is -2.12. The first-order chi connectivity index (χ1) is 9.73. The Balaban J connectivity index is 2.60. The van der Waals surface area contributed by atoms with Crippen molar-refractivity contribution in [3.63, 3.8) is 0 Å². The molecule has 1 N–H and O–H groups in total. The lowest BCUT2D eigenvalue weighted by Crippen LogP contribution is -2.26. The molecule has 0 fully saturated rings. The summed E-state index contributed by atoms with van der Waals surface area (Å²) in [4.78, 5) is 22.8. The smallest absolute Gasteiger partial charge is 0.480 e. The Bertz CT molecular complexity index is 731. The van der Waals surface area contributed by atoms with Gasteiger partial charge >= 0.3 is 18.1 Å². The number of aliphatic carboxylic acids is 1. The van der Waals surface area contributed by atoms with Crippen LogP contribution in [0.15, 0.2) is 27.4 Å². The molecule has 0 saturated carbocycles. The first-order valence-electron chi connectivity index (χ1n) is 5.86. The number of ether oxygens (including phenoxy) is 1. The first kappa shape index (κ1) is 14.9. The van der Waals surface area contributed by atoms with E-state index in [1.54, 1.807) is 0 Å². The predicted molar refractivity (Wildman–Crippen MR) is 64.1 cm³/mol.